The van der Waals surface area contributed by atoms with Gasteiger partial charge in [0.1, 0.15) is 12.0 Å². The summed E-state index contributed by atoms with van der Waals surface area (Å²) >= 11 is 0. The highest BCUT2D eigenvalue weighted by molar-refractivity contribution is 5.35. The first kappa shape index (κ1) is 11.4. The number of likely N-dealkylation sites (N-methyl/N-ethyl adjacent to an activating group) is 1. The van der Waals surface area contributed by atoms with E-state index in [1.807, 2.05) is 18.2 Å². The number of benzene rings is 1. The van der Waals surface area contributed by atoms with E-state index < -0.39 is 0 Å². The molecule has 1 heterocycles. The zero-order valence-corrected chi connectivity index (χ0v) is 10.4. The number of hydrogen-bond donors (Lipinski definition) is 0. The minimum atomic E-state index is -0.00819. The van der Waals surface area contributed by atoms with Crippen LogP contribution < -0.4 is 4.74 Å². The highest BCUT2D eigenvalue weighted by Gasteiger charge is 2.39. The number of ether oxygens (including phenoxy) is 2. The molecule has 2 rings (SSSR count). The van der Waals surface area contributed by atoms with Crippen molar-refractivity contribution in [1.29, 1.82) is 0 Å². The summed E-state index contributed by atoms with van der Waals surface area (Å²) in [5, 5.41) is 0. The molecule has 88 valence electrons. The zero-order valence-electron chi connectivity index (χ0n) is 10.4. The molecule has 1 fully saturated rings. The lowest BCUT2D eigenvalue weighted by molar-refractivity contribution is 0.0379. The zero-order chi connectivity index (χ0) is 11.8. The van der Waals surface area contributed by atoms with Crippen molar-refractivity contribution in [2.24, 2.45) is 0 Å². The Balaban J connectivity index is 2.32. The van der Waals surface area contributed by atoms with Gasteiger partial charge in [0, 0.05) is 11.1 Å². The van der Waals surface area contributed by atoms with Gasteiger partial charge < -0.3 is 9.47 Å². The van der Waals surface area contributed by atoms with Crippen molar-refractivity contribution >= 4 is 0 Å². The summed E-state index contributed by atoms with van der Waals surface area (Å²) in [4.78, 5) is 2.24. The fourth-order valence-electron chi connectivity index (χ4n) is 1.98. The molecule has 1 aromatic rings. The third kappa shape index (κ3) is 1.81. The molecule has 1 unspecified atom stereocenters. The summed E-state index contributed by atoms with van der Waals surface area (Å²) in [5.41, 5.74) is 1.17. The van der Waals surface area contributed by atoms with Gasteiger partial charge in [-0.15, -0.1) is 0 Å². The van der Waals surface area contributed by atoms with Crippen LogP contribution in [-0.2, 0) is 4.74 Å². The fourth-order valence-corrected chi connectivity index (χ4v) is 1.98. The molecule has 1 atom stereocenters. The standard InChI is InChI=1S/C13H19NO2/c1-13(2)9-16-12(14(13)3)10-7-5-6-8-11(10)15-4/h5-8,12H,9H2,1-4H3. The fraction of sp³-hybridized carbons (Fsp3) is 0.538. The first-order chi connectivity index (χ1) is 7.56. The first-order valence-electron chi connectivity index (χ1n) is 5.54. The maximum absolute atomic E-state index is 5.85. The molecule has 0 aromatic heterocycles. The quantitative estimate of drug-likeness (QED) is 0.765. The van der Waals surface area contributed by atoms with Crippen LogP contribution in [0.3, 0.4) is 0 Å². The van der Waals surface area contributed by atoms with Crippen LogP contribution in [0.15, 0.2) is 24.3 Å². The van der Waals surface area contributed by atoms with Gasteiger partial charge in [-0.2, -0.15) is 0 Å². The van der Waals surface area contributed by atoms with Crippen LogP contribution in [0.1, 0.15) is 25.6 Å². The van der Waals surface area contributed by atoms with Crippen molar-refractivity contribution in [2.75, 3.05) is 20.8 Å². The van der Waals surface area contributed by atoms with Crippen molar-refractivity contribution in [1.82, 2.24) is 4.90 Å². The maximum atomic E-state index is 5.85. The third-order valence-electron chi connectivity index (χ3n) is 3.31. The van der Waals surface area contributed by atoms with Crippen LogP contribution in [0, 0.1) is 0 Å². The smallest absolute Gasteiger partial charge is 0.140 e. The lowest BCUT2D eigenvalue weighted by atomic mass is 10.1. The molecule has 1 aliphatic heterocycles. The molecule has 0 N–H and O–H groups in total. The Labute approximate surface area is 97.0 Å². The Morgan fingerprint density at radius 3 is 2.62 bits per heavy atom. The van der Waals surface area contributed by atoms with Crippen LogP contribution in [0.2, 0.25) is 0 Å². The highest BCUT2D eigenvalue weighted by atomic mass is 16.5. The van der Waals surface area contributed by atoms with Crippen LogP contribution in [0.4, 0.5) is 0 Å². The van der Waals surface area contributed by atoms with Crippen LogP contribution in [0.5, 0.6) is 5.75 Å². The van der Waals surface area contributed by atoms with E-state index in [1.165, 1.54) is 0 Å². The first-order valence-corrected chi connectivity index (χ1v) is 5.54. The Kier molecular flexibility index (Phi) is 2.91. The number of nitrogens with zero attached hydrogens (tertiary/aromatic N) is 1. The summed E-state index contributed by atoms with van der Waals surface area (Å²) in [6, 6.07) is 8.02. The average molecular weight is 221 g/mol. The molecular formula is C13H19NO2. The lowest BCUT2D eigenvalue weighted by Crippen LogP contribution is -2.38. The van der Waals surface area contributed by atoms with Gasteiger partial charge in [0.25, 0.3) is 0 Å². The predicted octanol–water partition coefficient (Wildman–Crippen LogP) is 2.43. The molecule has 0 spiro atoms. The summed E-state index contributed by atoms with van der Waals surface area (Å²) in [5.74, 6) is 0.886. The molecule has 1 aromatic carbocycles. The van der Waals surface area contributed by atoms with E-state index in [9.17, 15) is 0 Å². The Hall–Kier alpha value is -1.06. The van der Waals surface area contributed by atoms with Gasteiger partial charge in [0.15, 0.2) is 0 Å². The summed E-state index contributed by atoms with van der Waals surface area (Å²) < 4.78 is 11.2. The van der Waals surface area contributed by atoms with Gasteiger partial charge in [-0.25, -0.2) is 0 Å². The maximum Gasteiger partial charge on any atom is 0.140 e. The number of hydrogen-bond acceptors (Lipinski definition) is 3. The minimum absolute atomic E-state index is 0.00819. The third-order valence-corrected chi connectivity index (χ3v) is 3.31. The highest BCUT2D eigenvalue weighted by Crippen LogP contribution is 2.38. The SMILES string of the molecule is COc1ccccc1C1OCC(C)(C)N1C. The van der Waals surface area contributed by atoms with E-state index in [2.05, 4.69) is 31.9 Å². The minimum Gasteiger partial charge on any atom is -0.496 e. The van der Waals surface area contributed by atoms with Gasteiger partial charge in [-0.3, -0.25) is 4.90 Å². The molecule has 16 heavy (non-hydrogen) atoms. The largest absolute Gasteiger partial charge is 0.496 e. The summed E-state index contributed by atoms with van der Waals surface area (Å²) in [7, 11) is 3.78. The van der Waals surface area contributed by atoms with E-state index >= 15 is 0 Å². The molecule has 3 nitrogen and oxygen atoms in total. The molecule has 0 bridgehead atoms. The predicted molar refractivity (Wildman–Crippen MR) is 63.5 cm³/mol. The molecular weight excluding hydrogens is 202 g/mol. The van der Waals surface area contributed by atoms with Crippen LogP contribution in [0.25, 0.3) is 0 Å². The second kappa shape index (κ2) is 4.07. The van der Waals surface area contributed by atoms with Crippen molar-refractivity contribution in [3.8, 4) is 5.75 Å². The Morgan fingerprint density at radius 2 is 2.06 bits per heavy atom. The van der Waals surface area contributed by atoms with Gasteiger partial charge in [-0.05, 0) is 27.0 Å². The van der Waals surface area contributed by atoms with Gasteiger partial charge in [0.2, 0.25) is 0 Å². The second-order valence-electron chi connectivity index (χ2n) is 4.83. The molecule has 1 aliphatic rings. The molecule has 0 radical (unpaired) electrons. The van der Waals surface area contributed by atoms with Gasteiger partial charge in [0.05, 0.1) is 13.7 Å². The topological polar surface area (TPSA) is 21.7 Å². The molecule has 0 aliphatic carbocycles. The van der Waals surface area contributed by atoms with E-state index in [4.69, 9.17) is 9.47 Å². The van der Waals surface area contributed by atoms with E-state index in [-0.39, 0.29) is 11.8 Å². The van der Waals surface area contributed by atoms with Crippen molar-refractivity contribution < 1.29 is 9.47 Å². The van der Waals surface area contributed by atoms with Crippen LogP contribution >= 0.6 is 0 Å². The summed E-state index contributed by atoms with van der Waals surface area (Å²) in [6.07, 6.45) is -0.00819. The second-order valence-corrected chi connectivity index (χ2v) is 4.83. The monoisotopic (exact) mass is 221 g/mol. The molecule has 0 amide bonds. The number of rotatable bonds is 2. The molecule has 1 saturated heterocycles. The van der Waals surface area contributed by atoms with E-state index in [1.54, 1.807) is 7.11 Å². The van der Waals surface area contributed by atoms with Crippen molar-refractivity contribution in [3.05, 3.63) is 29.8 Å². The Bertz CT molecular complexity index is 376. The van der Waals surface area contributed by atoms with Gasteiger partial charge >= 0.3 is 0 Å². The summed E-state index contributed by atoms with van der Waals surface area (Å²) in [6.45, 7) is 5.11. The number of para-hydroxylation sites is 1. The van der Waals surface area contributed by atoms with Crippen molar-refractivity contribution in [2.45, 2.75) is 25.6 Å². The normalized spacial score (nSPS) is 24.6. The van der Waals surface area contributed by atoms with E-state index in [0.29, 0.717) is 0 Å². The lowest BCUT2D eigenvalue weighted by Gasteiger charge is -2.29. The number of methoxy groups -OCH3 is 1. The van der Waals surface area contributed by atoms with Crippen molar-refractivity contribution in [3.63, 3.8) is 0 Å². The van der Waals surface area contributed by atoms with Gasteiger partial charge in [-0.1, -0.05) is 18.2 Å². The average Bonchev–Trinajstić information content (AvgIpc) is 2.54. The van der Waals surface area contributed by atoms with Crippen LogP contribution in [-0.4, -0.2) is 31.2 Å². The molecule has 3 heteroatoms. The Morgan fingerprint density at radius 1 is 1.38 bits per heavy atom. The van der Waals surface area contributed by atoms with E-state index in [0.717, 1.165) is 17.9 Å². The molecule has 0 saturated carbocycles.